The Balaban J connectivity index is 2.00. The van der Waals surface area contributed by atoms with Crippen molar-refractivity contribution in [3.05, 3.63) is 82.0 Å². The monoisotopic (exact) mass is 473 g/mol. The fourth-order valence-corrected chi connectivity index (χ4v) is 2.90. The van der Waals surface area contributed by atoms with Gasteiger partial charge >= 0.3 is 12.4 Å². The number of rotatable bonds is 4. The number of hydrogen-bond donors (Lipinski definition) is 2. The van der Waals surface area contributed by atoms with Crippen molar-refractivity contribution in [2.24, 2.45) is 0 Å². The molecule has 2 N–H and O–H groups in total. The minimum Gasteiger partial charge on any atom is -0.339 e. The number of pyridine rings is 1. The zero-order chi connectivity index (χ0) is 23.7. The highest BCUT2D eigenvalue weighted by molar-refractivity contribution is 6.30. The van der Waals surface area contributed by atoms with Gasteiger partial charge in [-0.25, -0.2) is 4.98 Å². The highest BCUT2D eigenvalue weighted by Gasteiger charge is 2.34. The first-order valence-electron chi connectivity index (χ1n) is 8.94. The number of benzene rings is 2. The van der Waals surface area contributed by atoms with E-state index in [2.05, 4.69) is 15.6 Å². The molecule has 0 aliphatic heterocycles. The van der Waals surface area contributed by atoms with Gasteiger partial charge in [0, 0.05) is 16.4 Å². The Kier molecular flexibility index (Phi) is 6.36. The smallest absolute Gasteiger partial charge is 0.339 e. The van der Waals surface area contributed by atoms with Crippen molar-refractivity contribution >= 4 is 34.7 Å². The quantitative estimate of drug-likeness (QED) is 0.398. The third kappa shape index (κ3) is 5.50. The number of alkyl halides is 6. The van der Waals surface area contributed by atoms with Gasteiger partial charge < -0.3 is 10.6 Å². The second-order valence-corrected chi connectivity index (χ2v) is 7.14. The van der Waals surface area contributed by atoms with Gasteiger partial charge in [-0.3, -0.25) is 4.79 Å². The van der Waals surface area contributed by atoms with Crippen LogP contribution in [0.15, 0.2) is 54.6 Å². The summed E-state index contributed by atoms with van der Waals surface area (Å²) in [4.78, 5) is 16.2. The van der Waals surface area contributed by atoms with Gasteiger partial charge in [0.05, 0.1) is 11.1 Å². The van der Waals surface area contributed by atoms with Crippen LogP contribution < -0.4 is 10.6 Å². The van der Waals surface area contributed by atoms with Gasteiger partial charge in [0.1, 0.15) is 11.5 Å². The summed E-state index contributed by atoms with van der Waals surface area (Å²) < 4.78 is 78.2. The molecule has 0 bridgehead atoms. The van der Waals surface area contributed by atoms with Crippen molar-refractivity contribution in [3.63, 3.8) is 0 Å². The van der Waals surface area contributed by atoms with Crippen molar-refractivity contribution in [1.82, 2.24) is 4.98 Å². The van der Waals surface area contributed by atoms with Gasteiger partial charge in [0.2, 0.25) is 0 Å². The molecule has 3 aromatic rings. The van der Waals surface area contributed by atoms with Crippen molar-refractivity contribution in [3.8, 4) is 0 Å². The lowest BCUT2D eigenvalue weighted by Crippen LogP contribution is -2.18. The lowest BCUT2D eigenvalue weighted by atomic mass is 10.1. The fourth-order valence-electron chi connectivity index (χ4n) is 2.72. The van der Waals surface area contributed by atoms with Gasteiger partial charge in [0.25, 0.3) is 5.91 Å². The molecule has 1 heterocycles. The van der Waals surface area contributed by atoms with Crippen LogP contribution in [0, 0.1) is 6.92 Å². The molecule has 11 heteroatoms. The van der Waals surface area contributed by atoms with Crippen LogP contribution >= 0.6 is 11.6 Å². The summed E-state index contributed by atoms with van der Waals surface area (Å²) in [6, 6.07) is 9.97. The van der Waals surface area contributed by atoms with Crippen LogP contribution in [-0.4, -0.2) is 10.9 Å². The molecular formula is C21H14ClF6N3O. The Morgan fingerprint density at radius 1 is 0.938 bits per heavy atom. The number of aryl methyl sites for hydroxylation is 1. The summed E-state index contributed by atoms with van der Waals surface area (Å²) in [5.74, 6) is -1.39. The molecule has 0 aliphatic rings. The summed E-state index contributed by atoms with van der Waals surface area (Å²) in [6.07, 6.45) is -9.41. The zero-order valence-corrected chi connectivity index (χ0v) is 17.0. The third-order valence-corrected chi connectivity index (χ3v) is 4.57. The standard InChI is InChI=1S/C21H14ClF6N3O/c1-11-5-6-13(22)10-16(11)30-18-15(7-8-17(31-18)21(26,27)28)19(32)29-14-4-2-3-12(9-14)20(23,24)25/h2-10H,1H3,(H,29,32)(H,30,31). The van der Waals surface area contributed by atoms with E-state index in [0.29, 0.717) is 28.4 Å². The number of halogens is 7. The van der Waals surface area contributed by atoms with E-state index in [-0.39, 0.29) is 11.3 Å². The SMILES string of the molecule is Cc1ccc(Cl)cc1Nc1nc(C(F)(F)F)ccc1C(=O)Nc1cccc(C(F)(F)F)c1. The van der Waals surface area contributed by atoms with Crippen LogP contribution in [0.2, 0.25) is 5.02 Å². The van der Waals surface area contributed by atoms with Gasteiger partial charge in [-0.1, -0.05) is 23.7 Å². The van der Waals surface area contributed by atoms with E-state index in [4.69, 9.17) is 11.6 Å². The third-order valence-electron chi connectivity index (χ3n) is 4.33. The van der Waals surface area contributed by atoms with E-state index >= 15 is 0 Å². The lowest BCUT2D eigenvalue weighted by molar-refractivity contribution is -0.141. The van der Waals surface area contributed by atoms with Crippen LogP contribution in [0.1, 0.15) is 27.2 Å². The first-order valence-corrected chi connectivity index (χ1v) is 9.32. The Morgan fingerprint density at radius 3 is 2.31 bits per heavy atom. The van der Waals surface area contributed by atoms with Crippen LogP contribution in [0.5, 0.6) is 0 Å². The van der Waals surface area contributed by atoms with E-state index in [9.17, 15) is 31.1 Å². The van der Waals surface area contributed by atoms with E-state index in [0.717, 1.165) is 18.2 Å². The highest BCUT2D eigenvalue weighted by Crippen LogP contribution is 2.33. The zero-order valence-electron chi connectivity index (χ0n) is 16.2. The summed E-state index contributed by atoms with van der Waals surface area (Å²) in [7, 11) is 0. The molecular weight excluding hydrogens is 460 g/mol. The average molecular weight is 474 g/mol. The van der Waals surface area contributed by atoms with Gasteiger partial charge in [0.15, 0.2) is 0 Å². The summed E-state index contributed by atoms with van der Waals surface area (Å²) in [5.41, 5.74) is -1.83. The lowest BCUT2D eigenvalue weighted by Gasteiger charge is -2.16. The predicted octanol–water partition coefficient (Wildman–Crippen LogP) is 7.08. The number of nitrogens with zero attached hydrogens (tertiary/aromatic N) is 1. The molecule has 2 aromatic carbocycles. The molecule has 0 saturated heterocycles. The molecule has 1 amide bonds. The van der Waals surface area contributed by atoms with E-state index in [1.165, 1.54) is 12.1 Å². The molecule has 3 rings (SSSR count). The molecule has 168 valence electrons. The van der Waals surface area contributed by atoms with Crippen LogP contribution in [0.4, 0.5) is 43.5 Å². The minimum absolute atomic E-state index is 0.186. The maximum absolute atomic E-state index is 13.2. The van der Waals surface area contributed by atoms with E-state index < -0.39 is 35.3 Å². The molecule has 0 radical (unpaired) electrons. The number of hydrogen-bond acceptors (Lipinski definition) is 3. The Morgan fingerprint density at radius 2 is 1.66 bits per heavy atom. The largest absolute Gasteiger partial charge is 0.433 e. The summed E-state index contributed by atoms with van der Waals surface area (Å²) >= 11 is 5.94. The van der Waals surface area contributed by atoms with Crippen molar-refractivity contribution < 1.29 is 31.1 Å². The summed E-state index contributed by atoms with van der Waals surface area (Å²) in [6.45, 7) is 1.66. The van der Waals surface area contributed by atoms with E-state index in [1.54, 1.807) is 19.1 Å². The number of amides is 1. The normalized spacial score (nSPS) is 11.9. The maximum Gasteiger partial charge on any atom is 0.433 e. The highest BCUT2D eigenvalue weighted by atomic mass is 35.5. The Labute approximate surface area is 183 Å². The first kappa shape index (κ1) is 23.4. The molecule has 0 atom stereocenters. The number of nitrogens with one attached hydrogen (secondary N) is 2. The molecule has 4 nitrogen and oxygen atoms in total. The van der Waals surface area contributed by atoms with Crippen LogP contribution in [0.25, 0.3) is 0 Å². The number of anilines is 3. The Hall–Kier alpha value is -3.27. The van der Waals surface area contributed by atoms with Crippen molar-refractivity contribution in [1.29, 1.82) is 0 Å². The second kappa shape index (κ2) is 8.70. The number of aromatic nitrogens is 1. The molecule has 1 aromatic heterocycles. The van der Waals surface area contributed by atoms with Gasteiger partial charge in [-0.2, -0.15) is 26.3 Å². The van der Waals surface area contributed by atoms with Gasteiger partial charge in [-0.15, -0.1) is 0 Å². The molecule has 0 spiro atoms. The van der Waals surface area contributed by atoms with Crippen LogP contribution in [-0.2, 0) is 12.4 Å². The second-order valence-electron chi connectivity index (χ2n) is 6.71. The van der Waals surface area contributed by atoms with E-state index in [1.807, 2.05) is 0 Å². The fraction of sp³-hybridized carbons (Fsp3) is 0.143. The molecule has 32 heavy (non-hydrogen) atoms. The predicted molar refractivity (Wildman–Crippen MR) is 108 cm³/mol. The Bertz CT molecular complexity index is 1160. The molecule has 0 saturated carbocycles. The molecule has 0 unspecified atom stereocenters. The van der Waals surface area contributed by atoms with Crippen molar-refractivity contribution in [2.45, 2.75) is 19.3 Å². The maximum atomic E-state index is 13.2. The average Bonchev–Trinajstić information content (AvgIpc) is 2.69. The minimum atomic E-state index is -4.78. The number of carbonyl (C=O) groups is 1. The number of carbonyl (C=O) groups excluding carboxylic acids is 1. The summed E-state index contributed by atoms with van der Waals surface area (Å²) in [5, 5.41) is 5.21. The van der Waals surface area contributed by atoms with Crippen molar-refractivity contribution in [2.75, 3.05) is 10.6 Å². The first-order chi connectivity index (χ1) is 14.8. The molecule has 0 aliphatic carbocycles. The van der Waals surface area contributed by atoms with Crippen LogP contribution in [0.3, 0.4) is 0 Å². The topological polar surface area (TPSA) is 54.0 Å². The molecule has 0 fully saturated rings. The van der Waals surface area contributed by atoms with Gasteiger partial charge in [-0.05, 0) is 55.0 Å².